The number of halogens is 1. The number of hydrogen-bond donors (Lipinski definition) is 1. The molecule has 2 aliphatic heterocycles. The third kappa shape index (κ3) is 3.02. The lowest BCUT2D eigenvalue weighted by molar-refractivity contribution is -0.133. The molecule has 0 aromatic heterocycles. The predicted octanol–water partition coefficient (Wildman–Crippen LogP) is 1.23. The van der Waals surface area contributed by atoms with Crippen LogP contribution in [0.4, 0.5) is 10.1 Å². The molecule has 2 aliphatic rings. The third-order valence-electron chi connectivity index (χ3n) is 4.43. The number of carbonyl (C=O) groups excluding carboxylic acids is 1. The van der Waals surface area contributed by atoms with Crippen molar-refractivity contribution in [2.75, 3.05) is 44.7 Å². The van der Waals surface area contributed by atoms with Crippen LogP contribution in [0.1, 0.15) is 12.8 Å². The predicted molar refractivity (Wildman–Crippen MR) is 82.8 cm³/mol. The Labute approximate surface area is 130 Å². The van der Waals surface area contributed by atoms with Crippen molar-refractivity contribution in [2.24, 2.45) is 0 Å². The average Bonchev–Trinajstić information content (AvgIpc) is 3.08. The number of hydrogen-bond acceptors (Lipinski definition) is 4. The van der Waals surface area contributed by atoms with Crippen molar-refractivity contribution >= 4 is 11.6 Å². The van der Waals surface area contributed by atoms with Gasteiger partial charge in [-0.05, 0) is 31.5 Å². The molecule has 0 bridgehead atoms. The van der Waals surface area contributed by atoms with Crippen molar-refractivity contribution in [3.05, 3.63) is 24.0 Å². The SMILES string of the molecule is COc1cc(F)ccc1N1CCN(C(=O)[C@H]2CCCN2)CC1. The van der Waals surface area contributed by atoms with Crippen LogP contribution in [0.15, 0.2) is 18.2 Å². The lowest BCUT2D eigenvalue weighted by Gasteiger charge is -2.37. The second-order valence-corrected chi connectivity index (χ2v) is 5.78. The maximum atomic E-state index is 13.3. The molecule has 1 atom stereocenters. The van der Waals surface area contributed by atoms with E-state index in [-0.39, 0.29) is 17.8 Å². The van der Waals surface area contributed by atoms with Crippen LogP contribution in [0.5, 0.6) is 5.75 Å². The van der Waals surface area contributed by atoms with Crippen molar-refractivity contribution < 1.29 is 13.9 Å². The van der Waals surface area contributed by atoms with Crippen molar-refractivity contribution in [1.29, 1.82) is 0 Å². The summed E-state index contributed by atoms with van der Waals surface area (Å²) in [6.07, 6.45) is 2.01. The molecule has 3 rings (SSSR count). The van der Waals surface area contributed by atoms with Gasteiger partial charge in [-0.2, -0.15) is 0 Å². The molecule has 2 saturated heterocycles. The molecule has 1 N–H and O–H groups in total. The monoisotopic (exact) mass is 307 g/mol. The number of nitrogens with one attached hydrogen (secondary N) is 1. The first kappa shape index (κ1) is 15.1. The van der Waals surface area contributed by atoms with E-state index in [0.29, 0.717) is 18.8 Å². The van der Waals surface area contributed by atoms with E-state index in [1.54, 1.807) is 13.2 Å². The molecule has 0 spiro atoms. The fourth-order valence-corrected chi connectivity index (χ4v) is 3.20. The fraction of sp³-hybridized carbons (Fsp3) is 0.562. The number of amides is 1. The Hall–Kier alpha value is -1.82. The topological polar surface area (TPSA) is 44.8 Å². The molecule has 0 radical (unpaired) electrons. The maximum absolute atomic E-state index is 13.3. The van der Waals surface area contributed by atoms with Crippen molar-refractivity contribution in [2.45, 2.75) is 18.9 Å². The number of ether oxygens (including phenoxy) is 1. The fourth-order valence-electron chi connectivity index (χ4n) is 3.20. The zero-order chi connectivity index (χ0) is 15.5. The largest absolute Gasteiger partial charge is 0.494 e. The van der Waals surface area contributed by atoms with E-state index in [4.69, 9.17) is 4.74 Å². The van der Waals surface area contributed by atoms with E-state index in [2.05, 4.69) is 10.2 Å². The minimum absolute atomic E-state index is 0.00749. The van der Waals surface area contributed by atoms with Crippen molar-refractivity contribution in [1.82, 2.24) is 10.2 Å². The number of methoxy groups -OCH3 is 1. The quantitative estimate of drug-likeness (QED) is 0.912. The van der Waals surface area contributed by atoms with E-state index in [9.17, 15) is 9.18 Å². The number of carbonyl (C=O) groups is 1. The molecule has 0 aliphatic carbocycles. The van der Waals surface area contributed by atoms with Crippen molar-refractivity contribution in [3.8, 4) is 5.75 Å². The van der Waals surface area contributed by atoms with Gasteiger partial charge in [-0.3, -0.25) is 4.79 Å². The summed E-state index contributed by atoms with van der Waals surface area (Å²) in [5.74, 6) is 0.446. The number of nitrogens with zero attached hydrogens (tertiary/aromatic N) is 2. The summed E-state index contributed by atoms with van der Waals surface area (Å²) in [6, 6.07) is 4.57. The Kier molecular flexibility index (Phi) is 4.47. The van der Waals surface area contributed by atoms with Gasteiger partial charge in [-0.15, -0.1) is 0 Å². The highest BCUT2D eigenvalue weighted by atomic mass is 19.1. The van der Waals surface area contributed by atoms with Gasteiger partial charge in [0.1, 0.15) is 11.6 Å². The number of benzene rings is 1. The van der Waals surface area contributed by atoms with Crippen LogP contribution in [-0.2, 0) is 4.79 Å². The normalized spacial score (nSPS) is 22.0. The molecule has 1 aromatic carbocycles. The van der Waals surface area contributed by atoms with Crippen LogP contribution in [0.3, 0.4) is 0 Å². The second-order valence-electron chi connectivity index (χ2n) is 5.78. The molecule has 0 unspecified atom stereocenters. The summed E-state index contributed by atoms with van der Waals surface area (Å²) in [7, 11) is 1.55. The summed E-state index contributed by atoms with van der Waals surface area (Å²) in [5, 5.41) is 3.25. The van der Waals surface area contributed by atoms with Gasteiger partial charge in [-0.25, -0.2) is 4.39 Å². The van der Waals surface area contributed by atoms with Crippen molar-refractivity contribution in [3.63, 3.8) is 0 Å². The van der Waals surface area contributed by atoms with E-state index < -0.39 is 0 Å². The molecule has 1 aromatic rings. The Morgan fingerprint density at radius 1 is 1.32 bits per heavy atom. The second kappa shape index (κ2) is 6.52. The van der Waals surface area contributed by atoms with E-state index in [1.807, 2.05) is 4.90 Å². The van der Waals surface area contributed by atoms with Crippen LogP contribution < -0.4 is 15.0 Å². The van der Waals surface area contributed by atoms with Gasteiger partial charge in [0.05, 0.1) is 18.8 Å². The molecule has 120 valence electrons. The highest BCUT2D eigenvalue weighted by molar-refractivity contribution is 5.82. The van der Waals surface area contributed by atoms with Crippen LogP contribution in [-0.4, -0.2) is 56.7 Å². The first-order chi connectivity index (χ1) is 10.7. The molecule has 22 heavy (non-hydrogen) atoms. The van der Waals surface area contributed by atoms with E-state index in [1.165, 1.54) is 12.1 Å². The Bertz CT molecular complexity index is 538. The molecule has 6 heteroatoms. The minimum atomic E-state index is -0.304. The lowest BCUT2D eigenvalue weighted by atomic mass is 10.1. The van der Waals surface area contributed by atoms with Gasteiger partial charge in [0.15, 0.2) is 0 Å². The number of piperazine rings is 1. The summed E-state index contributed by atoms with van der Waals surface area (Å²) < 4.78 is 18.5. The van der Waals surface area contributed by atoms with Crippen LogP contribution in [0.25, 0.3) is 0 Å². The maximum Gasteiger partial charge on any atom is 0.239 e. The van der Waals surface area contributed by atoms with Crippen LogP contribution in [0, 0.1) is 5.82 Å². The standard InChI is InChI=1S/C16H22FN3O2/c1-22-15-11-12(17)4-5-14(15)19-7-9-20(10-8-19)16(21)13-3-2-6-18-13/h4-5,11,13,18H,2-3,6-10H2,1H3/t13-/m1/s1. The average molecular weight is 307 g/mol. The molecule has 2 heterocycles. The first-order valence-electron chi connectivity index (χ1n) is 7.79. The molecule has 5 nitrogen and oxygen atoms in total. The highest BCUT2D eigenvalue weighted by Gasteiger charge is 2.29. The third-order valence-corrected chi connectivity index (χ3v) is 4.43. The summed E-state index contributed by atoms with van der Waals surface area (Å²) in [6.45, 7) is 3.79. The zero-order valence-electron chi connectivity index (χ0n) is 12.8. The van der Waals surface area contributed by atoms with E-state index >= 15 is 0 Å². The molecular weight excluding hydrogens is 285 g/mol. The van der Waals surface area contributed by atoms with Gasteiger partial charge in [0.2, 0.25) is 5.91 Å². The summed E-state index contributed by atoms with van der Waals surface area (Å²) >= 11 is 0. The molecular formula is C16H22FN3O2. The minimum Gasteiger partial charge on any atom is -0.494 e. The van der Waals surface area contributed by atoms with Gasteiger partial charge in [-0.1, -0.05) is 0 Å². The summed E-state index contributed by atoms with van der Waals surface area (Å²) in [4.78, 5) is 16.5. The smallest absolute Gasteiger partial charge is 0.239 e. The van der Waals surface area contributed by atoms with Gasteiger partial charge in [0.25, 0.3) is 0 Å². The Morgan fingerprint density at radius 3 is 2.73 bits per heavy atom. The van der Waals surface area contributed by atoms with Crippen LogP contribution >= 0.6 is 0 Å². The van der Waals surface area contributed by atoms with Gasteiger partial charge >= 0.3 is 0 Å². The zero-order valence-corrected chi connectivity index (χ0v) is 12.8. The highest BCUT2D eigenvalue weighted by Crippen LogP contribution is 2.29. The van der Waals surface area contributed by atoms with Crippen LogP contribution in [0.2, 0.25) is 0 Å². The number of rotatable bonds is 3. The molecule has 2 fully saturated rings. The molecule has 0 saturated carbocycles. The summed E-state index contributed by atoms with van der Waals surface area (Å²) in [5.41, 5.74) is 0.884. The number of anilines is 1. The lowest BCUT2D eigenvalue weighted by Crippen LogP contribution is -2.53. The van der Waals surface area contributed by atoms with E-state index in [0.717, 1.165) is 38.2 Å². The Morgan fingerprint density at radius 2 is 2.09 bits per heavy atom. The molecule has 1 amide bonds. The Balaban J connectivity index is 1.63. The van der Waals surface area contributed by atoms with Gasteiger partial charge in [0, 0.05) is 32.2 Å². The van der Waals surface area contributed by atoms with Gasteiger partial charge < -0.3 is 19.9 Å². The first-order valence-corrected chi connectivity index (χ1v) is 7.79.